The molecule has 1 saturated carbocycles. The second-order valence-electron chi connectivity index (χ2n) is 6.11. The van der Waals surface area contributed by atoms with E-state index in [0.717, 1.165) is 19.4 Å². The van der Waals surface area contributed by atoms with Crippen LogP contribution in [0, 0.1) is 5.92 Å². The van der Waals surface area contributed by atoms with Crippen LogP contribution in [0.3, 0.4) is 0 Å². The number of hydrogen-bond donors (Lipinski definition) is 2. The minimum absolute atomic E-state index is 0.0536. The number of nitrogens with one attached hydrogen (secondary N) is 2. The number of rotatable bonds is 2. The maximum atomic E-state index is 12.2. The third-order valence-electron chi connectivity index (χ3n) is 5.02. The van der Waals surface area contributed by atoms with E-state index in [1.165, 1.54) is 24.0 Å². The summed E-state index contributed by atoms with van der Waals surface area (Å²) in [5.74, 6) is 1.48. The molecule has 2 N–H and O–H groups in total. The summed E-state index contributed by atoms with van der Waals surface area (Å²) in [5, 5.41) is 6.56. The van der Waals surface area contributed by atoms with Crippen LogP contribution in [0.25, 0.3) is 0 Å². The Morgan fingerprint density at radius 2 is 2.16 bits per heavy atom. The Balaban J connectivity index is 1.47. The molecule has 4 atom stereocenters. The van der Waals surface area contributed by atoms with E-state index in [9.17, 15) is 4.79 Å². The van der Waals surface area contributed by atoms with Crippen molar-refractivity contribution in [3.05, 3.63) is 35.4 Å². The molecular formula is C16H20N2O. The molecule has 3 nitrogen and oxygen atoms in total. The number of fused-ring (bicyclic) bond motifs is 3. The summed E-state index contributed by atoms with van der Waals surface area (Å²) in [6.45, 7) is 0.985. The quantitative estimate of drug-likeness (QED) is 0.843. The third-order valence-corrected chi connectivity index (χ3v) is 5.02. The lowest BCUT2D eigenvalue weighted by atomic mass is 9.92. The Bertz CT molecular complexity index is 507. The van der Waals surface area contributed by atoms with Crippen molar-refractivity contribution in [2.45, 2.75) is 43.7 Å². The first-order valence-electron chi connectivity index (χ1n) is 7.46. The van der Waals surface area contributed by atoms with Crippen molar-refractivity contribution in [1.29, 1.82) is 0 Å². The van der Waals surface area contributed by atoms with Gasteiger partial charge >= 0.3 is 0 Å². The Hall–Kier alpha value is -1.35. The van der Waals surface area contributed by atoms with Crippen LogP contribution in [0.5, 0.6) is 0 Å². The first kappa shape index (κ1) is 11.5. The van der Waals surface area contributed by atoms with E-state index < -0.39 is 0 Å². The van der Waals surface area contributed by atoms with Gasteiger partial charge in [0.1, 0.15) is 0 Å². The monoisotopic (exact) mass is 256 g/mol. The Morgan fingerprint density at radius 1 is 1.26 bits per heavy atom. The summed E-state index contributed by atoms with van der Waals surface area (Å²) in [5.41, 5.74) is 2.96. The topological polar surface area (TPSA) is 41.1 Å². The van der Waals surface area contributed by atoms with E-state index >= 15 is 0 Å². The molecule has 3 aliphatic rings. The summed E-state index contributed by atoms with van der Waals surface area (Å²) in [6.07, 6.45) is 4.51. The molecule has 0 unspecified atom stereocenters. The van der Waals surface area contributed by atoms with Gasteiger partial charge in [0.25, 0.3) is 0 Å². The van der Waals surface area contributed by atoms with Crippen LogP contribution in [-0.2, 0) is 11.2 Å². The van der Waals surface area contributed by atoms with Crippen LogP contribution in [0.4, 0.5) is 0 Å². The Labute approximate surface area is 113 Å². The van der Waals surface area contributed by atoms with Gasteiger partial charge < -0.3 is 10.6 Å². The molecule has 2 fully saturated rings. The maximum Gasteiger partial charge on any atom is 0.237 e. The van der Waals surface area contributed by atoms with Gasteiger partial charge in [0.2, 0.25) is 5.91 Å². The molecule has 4 rings (SSSR count). The number of carbonyl (C=O) groups excluding carboxylic acids is 1. The molecule has 1 aromatic carbocycles. The highest BCUT2D eigenvalue weighted by molar-refractivity contribution is 5.83. The summed E-state index contributed by atoms with van der Waals surface area (Å²) in [6, 6.07) is 9.17. The van der Waals surface area contributed by atoms with Crippen molar-refractivity contribution in [2.75, 3.05) is 6.54 Å². The number of aryl methyl sites for hydroxylation is 1. The van der Waals surface area contributed by atoms with Gasteiger partial charge in [-0.1, -0.05) is 24.3 Å². The fourth-order valence-corrected chi connectivity index (χ4v) is 3.94. The van der Waals surface area contributed by atoms with Crippen molar-refractivity contribution < 1.29 is 4.79 Å². The molecule has 1 aliphatic heterocycles. The first-order valence-corrected chi connectivity index (χ1v) is 7.46. The molecule has 1 heterocycles. The zero-order valence-corrected chi connectivity index (χ0v) is 11.1. The number of benzene rings is 1. The van der Waals surface area contributed by atoms with E-state index in [-0.39, 0.29) is 11.9 Å². The van der Waals surface area contributed by atoms with E-state index in [0.29, 0.717) is 17.9 Å². The predicted molar refractivity (Wildman–Crippen MR) is 73.9 cm³/mol. The SMILES string of the molecule is O=C(N[C@@H]1[C@@H]2CCc3ccccc3[C@H]21)[C@@H]1CCCN1. The number of carbonyl (C=O) groups is 1. The molecule has 1 amide bonds. The number of hydrogen-bond acceptors (Lipinski definition) is 2. The minimum Gasteiger partial charge on any atom is -0.351 e. The van der Waals surface area contributed by atoms with Gasteiger partial charge in [0.15, 0.2) is 0 Å². The smallest absolute Gasteiger partial charge is 0.237 e. The van der Waals surface area contributed by atoms with Gasteiger partial charge in [0.05, 0.1) is 6.04 Å². The fraction of sp³-hybridized carbons (Fsp3) is 0.562. The molecule has 19 heavy (non-hydrogen) atoms. The summed E-state index contributed by atoms with van der Waals surface area (Å²) in [4.78, 5) is 12.2. The van der Waals surface area contributed by atoms with Crippen LogP contribution in [0.1, 0.15) is 36.3 Å². The molecule has 2 aliphatic carbocycles. The Kier molecular flexibility index (Phi) is 2.62. The van der Waals surface area contributed by atoms with Crippen molar-refractivity contribution in [2.24, 2.45) is 5.92 Å². The van der Waals surface area contributed by atoms with Crippen LogP contribution >= 0.6 is 0 Å². The van der Waals surface area contributed by atoms with Gasteiger partial charge in [-0.05, 0) is 49.3 Å². The van der Waals surface area contributed by atoms with E-state index in [1.807, 2.05) is 0 Å². The fourth-order valence-electron chi connectivity index (χ4n) is 3.94. The molecular weight excluding hydrogens is 236 g/mol. The van der Waals surface area contributed by atoms with Crippen LogP contribution in [0.15, 0.2) is 24.3 Å². The minimum atomic E-state index is 0.0536. The van der Waals surface area contributed by atoms with Gasteiger partial charge in [0, 0.05) is 12.0 Å². The second-order valence-corrected chi connectivity index (χ2v) is 6.11. The average molecular weight is 256 g/mol. The van der Waals surface area contributed by atoms with Crippen molar-refractivity contribution in [3.63, 3.8) is 0 Å². The molecule has 0 aromatic heterocycles. The largest absolute Gasteiger partial charge is 0.351 e. The Morgan fingerprint density at radius 3 is 3.00 bits per heavy atom. The van der Waals surface area contributed by atoms with Crippen LogP contribution < -0.4 is 10.6 Å². The summed E-state index contributed by atoms with van der Waals surface area (Å²) in [7, 11) is 0. The third kappa shape index (κ3) is 1.88. The molecule has 0 spiro atoms. The standard InChI is InChI=1S/C16H20N2O/c19-16(13-6-3-9-17-13)18-15-12-8-7-10-4-1-2-5-11(10)14(12)15/h1-2,4-5,12-15,17H,3,6-9H2,(H,18,19)/t12-,13+,14-,15-/m1/s1. The van der Waals surface area contributed by atoms with E-state index in [1.54, 1.807) is 0 Å². The molecule has 100 valence electrons. The first-order chi connectivity index (χ1) is 9.34. The highest BCUT2D eigenvalue weighted by Crippen LogP contribution is 2.54. The van der Waals surface area contributed by atoms with Crippen molar-refractivity contribution >= 4 is 5.91 Å². The van der Waals surface area contributed by atoms with E-state index in [4.69, 9.17) is 0 Å². The predicted octanol–water partition coefficient (Wildman–Crippen LogP) is 1.58. The molecule has 1 saturated heterocycles. The van der Waals surface area contributed by atoms with Crippen molar-refractivity contribution in [3.8, 4) is 0 Å². The molecule has 0 radical (unpaired) electrons. The normalized spacial score (nSPS) is 35.4. The zero-order valence-electron chi connectivity index (χ0n) is 11.1. The lowest BCUT2D eigenvalue weighted by Crippen LogP contribution is -2.42. The summed E-state index contributed by atoms with van der Waals surface area (Å²) < 4.78 is 0. The van der Waals surface area contributed by atoms with Gasteiger partial charge in [-0.3, -0.25) is 4.79 Å². The lowest BCUT2D eigenvalue weighted by Gasteiger charge is -2.13. The van der Waals surface area contributed by atoms with E-state index in [2.05, 4.69) is 34.9 Å². The zero-order chi connectivity index (χ0) is 12.8. The molecule has 1 aromatic rings. The lowest BCUT2D eigenvalue weighted by molar-refractivity contribution is -0.123. The van der Waals surface area contributed by atoms with Crippen molar-refractivity contribution in [1.82, 2.24) is 10.6 Å². The van der Waals surface area contributed by atoms with Gasteiger partial charge in [-0.2, -0.15) is 0 Å². The van der Waals surface area contributed by atoms with Crippen LogP contribution in [0.2, 0.25) is 0 Å². The second kappa shape index (κ2) is 4.34. The highest BCUT2D eigenvalue weighted by atomic mass is 16.2. The molecule has 0 bridgehead atoms. The number of amides is 1. The van der Waals surface area contributed by atoms with Gasteiger partial charge in [-0.15, -0.1) is 0 Å². The maximum absolute atomic E-state index is 12.2. The highest BCUT2D eigenvalue weighted by Gasteiger charge is 2.54. The van der Waals surface area contributed by atoms with Gasteiger partial charge in [-0.25, -0.2) is 0 Å². The molecule has 3 heteroatoms. The summed E-state index contributed by atoms with van der Waals surface area (Å²) >= 11 is 0. The average Bonchev–Trinajstić information content (AvgIpc) is 2.89. The van der Waals surface area contributed by atoms with Crippen LogP contribution in [-0.4, -0.2) is 24.5 Å².